The van der Waals surface area contributed by atoms with Crippen LogP contribution < -0.4 is 20.9 Å². The molecule has 0 fully saturated rings. The molecular formula is C28H29N5O5. The molecule has 10 heteroatoms. The summed E-state index contributed by atoms with van der Waals surface area (Å²) in [6.45, 7) is 2.27. The van der Waals surface area contributed by atoms with Crippen molar-refractivity contribution in [1.29, 1.82) is 0 Å². The number of pyridine rings is 1. The van der Waals surface area contributed by atoms with Gasteiger partial charge in [-0.15, -0.1) is 0 Å². The number of amides is 4. The highest BCUT2D eigenvalue weighted by Crippen LogP contribution is 2.32. The number of carboxylic acids is 1. The molecule has 2 unspecified atom stereocenters. The van der Waals surface area contributed by atoms with Crippen molar-refractivity contribution in [2.75, 3.05) is 16.8 Å². The van der Waals surface area contributed by atoms with Gasteiger partial charge in [-0.3, -0.25) is 19.4 Å². The van der Waals surface area contributed by atoms with Gasteiger partial charge in [0.15, 0.2) is 0 Å². The number of hydrogen-bond acceptors (Lipinski definition) is 5. The van der Waals surface area contributed by atoms with Crippen LogP contribution in [0.3, 0.4) is 0 Å². The first-order valence-corrected chi connectivity index (χ1v) is 12.3. The average Bonchev–Trinajstić information content (AvgIpc) is 3.34. The Hall–Kier alpha value is -4.73. The first-order valence-electron chi connectivity index (χ1n) is 12.3. The summed E-state index contributed by atoms with van der Waals surface area (Å²) in [6, 6.07) is 17.0. The van der Waals surface area contributed by atoms with Gasteiger partial charge in [0.25, 0.3) is 0 Å². The molecule has 1 aromatic heterocycles. The molecule has 0 radical (unpaired) electrons. The largest absolute Gasteiger partial charge is 0.481 e. The normalized spacial score (nSPS) is 13.7. The maximum atomic E-state index is 13.3. The van der Waals surface area contributed by atoms with Gasteiger partial charge in [-0.25, -0.2) is 4.79 Å². The van der Waals surface area contributed by atoms with Crippen molar-refractivity contribution in [3.8, 4) is 0 Å². The van der Waals surface area contributed by atoms with Gasteiger partial charge in [-0.2, -0.15) is 0 Å². The van der Waals surface area contributed by atoms with Crippen molar-refractivity contribution in [2.45, 2.75) is 32.4 Å². The summed E-state index contributed by atoms with van der Waals surface area (Å²) in [7, 11) is 0. The van der Waals surface area contributed by atoms with Crippen LogP contribution in [0.25, 0.3) is 0 Å². The Morgan fingerprint density at radius 2 is 1.84 bits per heavy atom. The highest BCUT2D eigenvalue weighted by molar-refractivity contribution is 6.08. The number of carboxylic acid groups (broad SMARTS) is 1. The van der Waals surface area contributed by atoms with Crippen molar-refractivity contribution in [1.82, 2.24) is 15.6 Å². The quantitative estimate of drug-likeness (QED) is 0.323. The number of aromatic nitrogens is 1. The zero-order valence-corrected chi connectivity index (χ0v) is 20.9. The molecule has 196 valence electrons. The molecule has 0 saturated carbocycles. The molecule has 4 N–H and O–H groups in total. The van der Waals surface area contributed by atoms with E-state index in [1.54, 1.807) is 30.5 Å². The van der Waals surface area contributed by atoms with Crippen molar-refractivity contribution in [3.63, 3.8) is 0 Å². The lowest BCUT2D eigenvalue weighted by molar-refractivity contribution is -0.138. The third-order valence-electron chi connectivity index (χ3n) is 6.35. The molecule has 1 aliphatic rings. The molecule has 4 rings (SSSR count). The zero-order valence-electron chi connectivity index (χ0n) is 20.9. The number of carbonyl (C=O) groups excluding carboxylic acids is 3. The molecular weight excluding hydrogens is 486 g/mol. The predicted molar refractivity (Wildman–Crippen MR) is 141 cm³/mol. The van der Waals surface area contributed by atoms with E-state index < -0.39 is 29.7 Å². The van der Waals surface area contributed by atoms with Gasteiger partial charge in [-0.05, 0) is 48.2 Å². The van der Waals surface area contributed by atoms with E-state index in [9.17, 15) is 24.3 Å². The number of urea groups is 1. The lowest BCUT2D eigenvalue weighted by atomic mass is 10.0. The molecule has 1 aliphatic heterocycles. The highest BCUT2D eigenvalue weighted by atomic mass is 16.4. The average molecular weight is 516 g/mol. The van der Waals surface area contributed by atoms with E-state index in [-0.39, 0.29) is 12.5 Å². The summed E-state index contributed by atoms with van der Waals surface area (Å²) in [6.07, 6.45) is 3.32. The van der Waals surface area contributed by atoms with Crippen molar-refractivity contribution in [3.05, 3.63) is 89.7 Å². The van der Waals surface area contributed by atoms with Crippen LogP contribution in [0.4, 0.5) is 16.2 Å². The van der Waals surface area contributed by atoms with Gasteiger partial charge in [0, 0.05) is 36.9 Å². The maximum absolute atomic E-state index is 13.3. The molecule has 3 aromatic rings. The summed E-state index contributed by atoms with van der Waals surface area (Å²) in [4.78, 5) is 55.6. The van der Waals surface area contributed by atoms with Crippen molar-refractivity contribution in [2.24, 2.45) is 5.92 Å². The van der Waals surface area contributed by atoms with Crippen LogP contribution in [-0.2, 0) is 27.3 Å². The van der Waals surface area contributed by atoms with Gasteiger partial charge >= 0.3 is 12.0 Å². The fourth-order valence-electron chi connectivity index (χ4n) is 4.29. The molecule has 0 spiro atoms. The number of carbonyl (C=O) groups is 4. The number of benzene rings is 2. The second-order valence-electron chi connectivity index (χ2n) is 9.04. The molecule has 2 atom stereocenters. The lowest BCUT2D eigenvalue weighted by Crippen LogP contribution is -2.43. The van der Waals surface area contributed by atoms with Crippen molar-refractivity contribution >= 4 is 35.2 Å². The van der Waals surface area contributed by atoms with E-state index in [1.807, 2.05) is 36.4 Å². The minimum Gasteiger partial charge on any atom is -0.481 e. The Kier molecular flexibility index (Phi) is 8.32. The molecule has 4 amide bonds. The van der Waals surface area contributed by atoms with Crippen molar-refractivity contribution < 1.29 is 24.3 Å². The van der Waals surface area contributed by atoms with Crippen LogP contribution in [0.1, 0.15) is 36.1 Å². The first-order chi connectivity index (χ1) is 18.3. The molecule has 2 aromatic carbocycles. The summed E-state index contributed by atoms with van der Waals surface area (Å²) < 4.78 is 0. The second kappa shape index (κ2) is 12.0. The zero-order chi connectivity index (χ0) is 27.1. The van der Waals surface area contributed by atoms with Crippen LogP contribution >= 0.6 is 0 Å². The summed E-state index contributed by atoms with van der Waals surface area (Å²) >= 11 is 0. The van der Waals surface area contributed by atoms with Gasteiger partial charge in [0.1, 0.15) is 5.92 Å². The fourth-order valence-corrected chi connectivity index (χ4v) is 4.29. The number of anilines is 2. The van der Waals surface area contributed by atoms with E-state index in [0.29, 0.717) is 36.4 Å². The smallest absolute Gasteiger partial charge is 0.319 e. The number of fused-ring (bicyclic) bond motifs is 1. The standard InChI is InChI=1S/C28H29N5O5/c1-18(26(36)32-23(15-25(34)35)21-8-5-12-29-17-21)27(37)33-13-11-20-9-10-22(14-24(20)33)31-28(38)30-16-19-6-3-2-4-7-19/h2-10,12,14,17-18,23H,11,13,15-16H2,1H3,(H,32,36)(H,34,35)(H2,30,31,38). The predicted octanol–water partition coefficient (Wildman–Crippen LogP) is 3.26. The van der Waals surface area contributed by atoms with E-state index in [1.165, 1.54) is 18.0 Å². The Labute approximate surface area is 220 Å². The number of hydrogen-bond donors (Lipinski definition) is 4. The SMILES string of the molecule is CC(C(=O)NC(CC(=O)O)c1cccnc1)C(=O)N1CCc2ccc(NC(=O)NCc3ccccc3)cc21. The molecule has 0 saturated heterocycles. The number of nitrogens with one attached hydrogen (secondary N) is 3. The highest BCUT2D eigenvalue weighted by Gasteiger charge is 2.33. The van der Waals surface area contributed by atoms with E-state index in [2.05, 4.69) is 20.9 Å². The number of aliphatic carboxylic acids is 1. The minimum atomic E-state index is -1.08. The molecule has 0 bridgehead atoms. The van der Waals surface area contributed by atoms with Gasteiger partial charge in [0.2, 0.25) is 11.8 Å². The molecule has 10 nitrogen and oxygen atoms in total. The van der Waals surface area contributed by atoms with Crippen LogP contribution in [0.15, 0.2) is 73.1 Å². The van der Waals surface area contributed by atoms with Gasteiger partial charge < -0.3 is 26.0 Å². The Bertz CT molecular complexity index is 1320. The van der Waals surface area contributed by atoms with Crippen LogP contribution in [-0.4, -0.2) is 40.5 Å². The topological polar surface area (TPSA) is 141 Å². The van der Waals surface area contributed by atoms with Crippen LogP contribution in [0, 0.1) is 5.92 Å². The minimum absolute atomic E-state index is 0.341. The molecule has 38 heavy (non-hydrogen) atoms. The monoisotopic (exact) mass is 515 g/mol. The number of nitrogens with zero attached hydrogens (tertiary/aromatic N) is 2. The third-order valence-corrected chi connectivity index (χ3v) is 6.35. The van der Waals surface area contributed by atoms with Gasteiger partial charge in [0.05, 0.1) is 12.5 Å². The first kappa shape index (κ1) is 26.3. The van der Waals surface area contributed by atoms with E-state index >= 15 is 0 Å². The summed E-state index contributed by atoms with van der Waals surface area (Å²) in [5, 5.41) is 17.6. The summed E-state index contributed by atoms with van der Waals surface area (Å²) in [5.41, 5.74) is 3.58. The Morgan fingerprint density at radius 3 is 2.55 bits per heavy atom. The molecule has 2 heterocycles. The Morgan fingerprint density at radius 1 is 1.05 bits per heavy atom. The maximum Gasteiger partial charge on any atom is 0.319 e. The Balaban J connectivity index is 1.40. The second-order valence-corrected chi connectivity index (χ2v) is 9.04. The lowest BCUT2D eigenvalue weighted by Gasteiger charge is -2.24. The fraction of sp³-hybridized carbons (Fsp3) is 0.250. The number of rotatable bonds is 9. The third kappa shape index (κ3) is 6.52. The van der Waals surface area contributed by atoms with Crippen LogP contribution in [0.2, 0.25) is 0 Å². The van der Waals surface area contributed by atoms with E-state index in [0.717, 1.165) is 11.1 Å². The summed E-state index contributed by atoms with van der Waals surface area (Å²) in [5.74, 6) is -3.13. The van der Waals surface area contributed by atoms with Crippen LogP contribution in [0.5, 0.6) is 0 Å². The van der Waals surface area contributed by atoms with E-state index in [4.69, 9.17) is 0 Å². The van der Waals surface area contributed by atoms with Gasteiger partial charge in [-0.1, -0.05) is 42.5 Å². The molecule has 0 aliphatic carbocycles.